The summed E-state index contributed by atoms with van der Waals surface area (Å²) in [4.78, 5) is 33.5. The summed E-state index contributed by atoms with van der Waals surface area (Å²) in [5, 5.41) is 4.30. The maximum Gasteiger partial charge on any atom is 0.262 e. The van der Waals surface area contributed by atoms with Crippen molar-refractivity contribution in [2.75, 3.05) is 17.6 Å². The number of nitrogens with zero attached hydrogens (tertiary/aromatic N) is 3. The molecule has 0 radical (unpaired) electrons. The zero-order valence-electron chi connectivity index (χ0n) is 21.8. The Morgan fingerprint density at radius 1 is 1.00 bits per heavy atom. The molecule has 0 saturated heterocycles. The molecular weight excluding hydrogens is 456 g/mol. The van der Waals surface area contributed by atoms with Gasteiger partial charge in [-0.1, -0.05) is 55.9 Å². The molecule has 188 valence electrons. The summed E-state index contributed by atoms with van der Waals surface area (Å²) in [6, 6.07) is 14.3. The van der Waals surface area contributed by atoms with Crippen LogP contribution in [0.4, 0.5) is 5.69 Å². The molecule has 0 bridgehead atoms. The van der Waals surface area contributed by atoms with Gasteiger partial charge in [0.25, 0.3) is 5.56 Å². The van der Waals surface area contributed by atoms with Crippen LogP contribution >= 0.6 is 11.8 Å². The number of thioether (sulfide) groups is 1. The van der Waals surface area contributed by atoms with Gasteiger partial charge >= 0.3 is 0 Å². The number of aryl methyl sites for hydroxylation is 2. The second-order valence-corrected chi connectivity index (χ2v) is 10.2. The highest BCUT2D eigenvalue weighted by Crippen LogP contribution is 2.24. The van der Waals surface area contributed by atoms with E-state index in [1.54, 1.807) is 4.57 Å². The quantitative estimate of drug-likeness (QED) is 0.287. The Labute approximate surface area is 213 Å². The molecule has 1 aromatic heterocycles. The van der Waals surface area contributed by atoms with Crippen LogP contribution in [0.5, 0.6) is 0 Å². The summed E-state index contributed by atoms with van der Waals surface area (Å²) in [5.41, 5.74) is 3.77. The minimum absolute atomic E-state index is 0.0597. The highest BCUT2D eigenvalue weighted by molar-refractivity contribution is 7.99. The maximum atomic E-state index is 13.4. The Balaban J connectivity index is 1.86. The summed E-state index contributed by atoms with van der Waals surface area (Å²) in [7, 11) is 0. The first kappa shape index (κ1) is 27.0. The van der Waals surface area contributed by atoms with Crippen LogP contribution in [0.15, 0.2) is 52.4 Å². The molecular formula is C28H38N4O2S. The molecule has 0 atom stereocenters. The number of carbonyl (C=O) groups is 1. The van der Waals surface area contributed by atoms with Gasteiger partial charge in [0, 0.05) is 30.9 Å². The molecule has 2 aromatic carbocycles. The Morgan fingerprint density at radius 3 is 2.23 bits per heavy atom. The molecule has 0 spiro atoms. The molecule has 1 amide bonds. The van der Waals surface area contributed by atoms with Crippen molar-refractivity contribution in [2.45, 2.75) is 78.2 Å². The van der Waals surface area contributed by atoms with Crippen LogP contribution in [0.2, 0.25) is 0 Å². The average molecular weight is 495 g/mol. The third-order valence-corrected chi connectivity index (χ3v) is 7.31. The fourth-order valence-electron chi connectivity index (χ4n) is 4.49. The van der Waals surface area contributed by atoms with E-state index in [1.165, 1.54) is 11.8 Å². The van der Waals surface area contributed by atoms with Crippen molar-refractivity contribution in [3.63, 3.8) is 0 Å². The Bertz CT molecular complexity index is 1190. The number of hydrogen-bond donors (Lipinski definition) is 1. The molecule has 0 aliphatic rings. The van der Waals surface area contributed by atoms with Gasteiger partial charge in [-0.3, -0.25) is 19.1 Å². The predicted octanol–water partition coefficient (Wildman–Crippen LogP) is 5.37. The van der Waals surface area contributed by atoms with Crippen molar-refractivity contribution in [3.8, 4) is 0 Å². The van der Waals surface area contributed by atoms with Gasteiger partial charge in [-0.05, 0) is 63.8 Å². The fraction of sp³-hybridized carbons (Fsp3) is 0.464. The maximum absolute atomic E-state index is 13.4. The van der Waals surface area contributed by atoms with E-state index in [9.17, 15) is 9.59 Å². The SMILES string of the molecule is CCc1cccc(CC)c1NC(=O)CSc1nc2ccccc2c(=O)n1CCN(C(C)C)C(C)C. The van der Waals surface area contributed by atoms with Gasteiger partial charge in [-0.2, -0.15) is 0 Å². The number of amides is 1. The van der Waals surface area contributed by atoms with Crippen molar-refractivity contribution >= 4 is 34.3 Å². The van der Waals surface area contributed by atoms with Gasteiger partial charge < -0.3 is 5.32 Å². The Morgan fingerprint density at radius 2 is 1.63 bits per heavy atom. The van der Waals surface area contributed by atoms with Crippen LogP contribution in [-0.2, 0) is 24.2 Å². The number of aromatic nitrogens is 2. The second-order valence-electron chi connectivity index (χ2n) is 9.29. The van der Waals surface area contributed by atoms with Crippen molar-refractivity contribution in [1.82, 2.24) is 14.5 Å². The van der Waals surface area contributed by atoms with E-state index in [-0.39, 0.29) is 17.2 Å². The smallest absolute Gasteiger partial charge is 0.262 e. The van der Waals surface area contributed by atoms with Gasteiger partial charge in [0.05, 0.1) is 16.7 Å². The van der Waals surface area contributed by atoms with Gasteiger partial charge in [0.1, 0.15) is 0 Å². The van der Waals surface area contributed by atoms with Gasteiger partial charge in [-0.25, -0.2) is 4.98 Å². The summed E-state index contributed by atoms with van der Waals surface area (Å²) >= 11 is 1.32. The van der Waals surface area contributed by atoms with Crippen molar-refractivity contribution in [3.05, 3.63) is 63.9 Å². The molecule has 3 rings (SSSR count). The molecule has 0 saturated carbocycles. The lowest BCUT2D eigenvalue weighted by Gasteiger charge is -2.30. The predicted molar refractivity (Wildman–Crippen MR) is 148 cm³/mol. The summed E-state index contributed by atoms with van der Waals surface area (Å²) in [6.07, 6.45) is 1.70. The van der Waals surface area contributed by atoms with E-state index in [0.29, 0.717) is 34.7 Å². The van der Waals surface area contributed by atoms with E-state index < -0.39 is 0 Å². The van der Waals surface area contributed by atoms with Crippen molar-refractivity contribution in [2.24, 2.45) is 0 Å². The summed E-state index contributed by atoms with van der Waals surface area (Å²) < 4.78 is 1.73. The monoisotopic (exact) mass is 494 g/mol. The van der Waals surface area contributed by atoms with Crippen molar-refractivity contribution in [1.29, 1.82) is 0 Å². The standard InChI is InChI=1S/C28H38N4O2S/c1-7-21-12-11-13-22(8-2)26(21)30-25(33)18-35-28-29-24-15-10-9-14-23(24)27(34)32(28)17-16-31(19(3)4)20(5)6/h9-15,19-20H,7-8,16-18H2,1-6H3,(H,30,33). The zero-order valence-corrected chi connectivity index (χ0v) is 22.6. The van der Waals surface area contributed by atoms with E-state index >= 15 is 0 Å². The second kappa shape index (κ2) is 12.4. The van der Waals surface area contributed by atoms with Crippen LogP contribution in [0.1, 0.15) is 52.7 Å². The lowest BCUT2D eigenvalue weighted by atomic mass is 10.0. The molecule has 0 aliphatic heterocycles. The van der Waals surface area contributed by atoms with E-state index in [0.717, 1.165) is 36.2 Å². The lowest BCUT2D eigenvalue weighted by molar-refractivity contribution is -0.113. The van der Waals surface area contributed by atoms with Crippen LogP contribution in [0, 0.1) is 0 Å². The first-order valence-corrected chi connectivity index (χ1v) is 13.5. The molecule has 0 fully saturated rings. The van der Waals surface area contributed by atoms with Crippen LogP contribution in [0.25, 0.3) is 10.9 Å². The number of carbonyl (C=O) groups excluding carboxylic acids is 1. The number of hydrogen-bond acceptors (Lipinski definition) is 5. The normalized spacial score (nSPS) is 11.7. The summed E-state index contributed by atoms with van der Waals surface area (Å²) in [5.74, 6) is 0.0925. The average Bonchev–Trinajstić information content (AvgIpc) is 2.84. The third kappa shape index (κ3) is 6.53. The van der Waals surface area contributed by atoms with Gasteiger partial charge in [0.15, 0.2) is 5.16 Å². The minimum atomic E-state index is -0.0921. The van der Waals surface area contributed by atoms with Gasteiger partial charge in [0.2, 0.25) is 5.91 Å². The Hall–Kier alpha value is -2.64. The van der Waals surface area contributed by atoms with Crippen LogP contribution in [-0.4, -0.2) is 44.7 Å². The topological polar surface area (TPSA) is 67.2 Å². The number of rotatable bonds is 11. The number of benzene rings is 2. The van der Waals surface area contributed by atoms with Gasteiger partial charge in [-0.15, -0.1) is 0 Å². The first-order chi connectivity index (χ1) is 16.8. The molecule has 35 heavy (non-hydrogen) atoms. The molecule has 6 nitrogen and oxygen atoms in total. The third-order valence-electron chi connectivity index (χ3n) is 6.33. The first-order valence-electron chi connectivity index (χ1n) is 12.5. The fourth-order valence-corrected chi connectivity index (χ4v) is 5.32. The highest BCUT2D eigenvalue weighted by atomic mass is 32.2. The minimum Gasteiger partial charge on any atom is -0.325 e. The number of fused-ring (bicyclic) bond motifs is 1. The molecule has 3 aromatic rings. The van der Waals surface area contributed by atoms with E-state index in [2.05, 4.69) is 63.9 Å². The molecule has 7 heteroatoms. The molecule has 0 unspecified atom stereocenters. The number of anilines is 1. The van der Waals surface area contributed by atoms with Crippen LogP contribution < -0.4 is 10.9 Å². The van der Waals surface area contributed by atoms with Crippen molar-refractivity contribution < 1.29 is 4.79 Å². The number of para-hydroxylation sites is 2. The van der Waals surface area contributed by atoms with E-state index in [4.69, 9.17) is 4.98 Å². The van der Waals surface area contributed by atoms with Crippen LogP contribution in [0.3, 0.4) is 0 Å². The number of nitrogens with one attached hydrogen (secondary N) is 1. The summed E-state index contributed by atoms with van der Waals surface area (Å²) in [6.45, 7) is 14.1. The highest BCUT2D eigenvalue weighted by Gasteiger charge is 2.18. The Kier molecular flexibility index (Phi) is 9.52. The molecule has 1 N–H and O–H groups in total. The van der Waals surface area contributed by atoms with E-state index in [1.807, 2.05) is 30.3 Å². The largest absolute Gasteiger partial charge is 0.325 e. The lowest BCUT2D eigenvalue weighted by Crippen LogP contribution is -2.40. The molecule has 1 heterocycles. The zero-order chi connectivity index (χ0) is 25.5. The molecule has 0 aliphatic carbocycles.